The van der Waals surface area contributed by atoms with Gasteiger partial charge in [0.2, 0.25) is 0 Å². The van der Waals surface area contributed by atoms with Crippen molar-refractivity contribution in [1.29, 1.82) is 0 Å². The molecule has 0 amide bonds. The van der Waals surface area contributed by atoms with Gasteiger partial charge in [-0.3, -0.25) is 0 Å². The molecule has 0 radical (unpaired) electrons. The summed E-state index contributed by atoms with van der Waals surface area (Å²) in [5.74, 6) is 0.513. The van der Waals surface area contributed by atoms with Crippen LogP contribution in [0.1, 0.15) is 105 Å². The molecule has 0 saturated heterocycles. The van der Waals surface area contributed by atoms with Crippen molar-refractivity contribution in [2.75, 3.05) is 5.75 Å². The first-order valence-corrected chi connectivity index (χ1v) is 12.7. The molecule has 1 aromatic rings. The number of rotatable bonds is 18. The summed E-state index contributed by atoms with van der Waals surface area (Å²) in [4.78, 5) is 0. The van der Waals surface area contributed by atoms with Gasteiger partial charge in [-0.05, 0) is 18.6 Å². The predicted molar refractivity (Wildman–Crippen MR) is 117 cm³/mol. The molecular formula is C23H41NaO3S. The van der Waals surface area contributed by atoms with Crippen LogP contribution in [0.4, 0.5) is 0 Å². The minimum absolute atomic E-state index is 0. The Bertz CT molecular complexity index is 553. The molecule has 0 bridgehead atoms. The van der Waals surface area contributed by atoms with Gasteiger partial charge in [-0.1, -0.05) is 115 Å². The van der Waals surface area contributed by atoms with E-state index in [1.807, 2.05) is 6.07 Å². The Labute approximate surface area is 197 Å². The maximum absolute atomic E-state index is 11.9. The molecule has 0 aliphatic rings. The van der Waals surface area contributed by atoms with E-state index in [2.05, 4.69) is 6.92 Å². The molecule has 1 rings (SSSR count). The predicted octanol–water partition coefficient (Wildman–Crippen LogP) is 4.38. The molecule has 0 unspecified atom stereocenters. The molecule has 0 heterocycles. The summed E-state index contributed by atoms with van der Waals surface area (Å²) in [6.45, 7) is 2.27. The quantitative estimate of drug-likeness (QED) is 0.201. The van der Waals surface area contributed by atoms with Gasteiger partial charge in [-0.15, -0.1) is 0 Å². The molecule has 28 heavy (non-hydrogen) atoms. The van der Waals surface area contributed by atoms with Crippen LogP contribution < -0.4 is 33.7 Å². The van der Waals surface area contributed by atoms with E-state index in [9.17, 15) is 8.42 Å². The summed E-state index contributed by atoms with van der Waals surface area (Å²) in [6, 6.07) is 8.74. The van der Waals surface area contributed by atoms with E-state index in [-0.39, 0.29) is 36.7 Å². The van der Waals surface area contributed by atoms with Crippen LogP contribution in [-0.4, -0.2) is 14.2 Å². The molecule has 0 fully saturated rings. The van der Waals surface area contributed by atoms with E-state index in [0.717, 1.165) is 12.8 Å². The van der Waals surface area contributed by atoms with Crippen LogP contribution in [0.3, 0.4) is 0 Å². The Morgan fingerprint density at radius 3 is 1.50 bits per heavy atom. The van der Waals surface area contributed by atoms with Gasteiger partial charge in [0.25, 0.3) is 0 Å². The molecule has 0 aliphatic heterocycles. The zero-order valence-electron chi connectivity index (χ0n) is 19.3. The van der Waals surface area contributed by atoms with Crippen LogP contribution >= 0.6 is 0 Å². The topological polar surface area (TPSA) is 43.4 Å². The van der Waals surface area contributed by atoms with Crippen LogP contribution in [0.15, 0.2) is 30.3 Å². The number of hydrogen-bond acceptors (Lipinski definition) is 3. The third-order valence-corrected chi connectivity index (χ3v) is 6.20. The fourth-order valence-electron chi connectivity index (χ4n) is 3.31. The van der Waals surface area contributed by atoms with Crippen molar-refractivity contribution in [2.24, 2.45) is 0 Å². The average molecular weight is 421 g/mol. The van der Waals surface area contributed by atoms with E-state index >= 15 is 0 Å². The van der Waals surface area contributed by atoms with E-state index < -0.39 is 10.1 Å². The summed E-state index contributed by atoms with van der Waals surface area (Å²) in [5, 5.41) is 0. The van der Waals surface area contributed by atoms with E-state index in [0.29, 0.717) is 12.2 Å². The fourth-order valence-corrected chi connectivity index (χ4v) is 4.36. The first-order valence-electron chi connectivity index (χ1n) is 11.1. The van der Waals surface area contributed by atoms with E-state index in [1.165, 1.54) is 77.0 Å². The molecule has 158 valence electrons. The Balaban J connectivity index is 0. The Morgan fingerprint density at radius 1 is 0.679 bits per heavy atom. The Morgan fingerprint density at radius 2 is 1.07 bits per heavy atom. The second-order valence-corrected chi connectivity index (χ2v) is 9.30. The van der Waals surface area contributed by atoms with Crippen molar-refractivity contribution in [3.05, 3.63) is 30.3 Å². The van der Waals surface area contributed by atoms with Crippen molar-refractivity contribution < 1.29 is 43.6 Å². The van der Waals surface area contributed by atoms with Crippen LogP contribution in [-0.2, 0) is 10.1 Å². The third-order valence-electron chi connectivity index (χ3n) is 4.96. The zero-order valence-corrected chi connectivity index (χ0v) is 21.1. The van der Waals surface area contributed by atoms with Gasteiger partial charge < -0.3 is 5.61 Å². The van der Waals surface area contributed by atoms with Crippen LogP contribution in [0, 0.1) is 0 Å². The third kappa shape index (κ3) is 16.9. The first-order chi connectivity index (χ1) is 13.1. The van der Waals surface area contributed by atoms with Gasteiger partial charge in [-0.25, -0.2) is 0 Å². The summed E-state index contributed by atoms with van der Waals surface area (Å²) < 4.78 is 28.9. The molecule has 0 atom stereocenters. The molecule has 3 nitrogen and oxygen atoms in total. The normalized spacial score (nSPS) is 11.2. The maximum atomic E-state index is 11.9. The van der Waals surface area contributed by atoms with Gasteiger partial charge >= 0.3 is 39.7 Å². The van der Waals surface area contributed by atoms with Gasteiger partial charge in [-0.2, -0.15) is 8.42 Å². The number of hydrogen-bond donors (Lipinski definition) is 0. The molecule has 0 aliphatic carbocycles. The van der Waals surface area contributed by atoms with Crippen molar-refractivity contribution in [2.45, 2.75) is 103 Å². The van der Waals surface area contributed by atoms with Gasteiger partial charge in [0, 0.05) is 0 Å². The molecular weight excluding hydrogens is 379 g/mol. The molecule has 1 aromatic carbocycles. The van der Waals surface area contributed by atoms with Crippen LogP contribution in [0.5, 0.6) is 5.75 Å². The first kappa shape index (κ1) is 28.0. The molecule has 0 spiro atoms. The van der Waals surface area contributed by atoms with E-state index in [4.69, 9.17) is 4.18 Å². The van der Waals surface area contributed by atoms with Crippen molar-refractivity contribution in [1.82, 2.24) is 0 Å². The maximum Gasteiger partial charge on any atom is 1.00 e. The van der Waals surface area contributed by atoms with Crippen LogP contribution in [0.25, 0.3) is 0 Å². The number of benzene rings is 1. The zero-order chi connectivity index (χ0) is 19.6. The molecule has 0 N–H and O–H groups in total. The summed E-state index contributed by atoms with van der Waals surface area (Å²) >= 11 is 0. The minimum atomic E-state index is -3.45. The standard InChI is InChI=1S/C23H40O3S.Na.H/c1-2-3-4-5-6-7-8-9-10-11-12-13-14-15-19-22-27(24,25)26-23-20-17-16-18-21-23;;/h16-18,20-21H,2-15,19,22H2,1H3;;/q;+1;-1. The van der Waals surface area contributed by atoms with Crippen molar-refractivity contribution in [3.8, 4) is 5.75 Å². The van der Waals surface area contributed by atoms with Gasteiger partial charge in [0.05, 0.1) is 5.75 Å². The molecule has 0 saturated carbocycles. The fraction of sp³-hybridized carbons (Fsp3) is 0.739. The molecule has 5 heteroatoms. The van der Waals surface area contributed by atoms with E-state index in [1.54, 1.807) is 24.3 Å². The summed E-state index contributed by atoms with van der Waals surface area (Å²) in [7, 11) is -3.45. The monoisotopic (exact) mass is 420 g/mol. The van der Waals surface area contributed by atoms with Gasteiger partial charge in [0.15, 0.2) is 0 Å². The minimum Gasteiger partial charge on any atom is -1.00 e. The summed E-state index contributed by atoms with van der Waals surface area (Å²) in [6.07, 6.45) is 19.1. The Hall–Kier alpha value is -0.0300. The smallest absolute Gasteiger partial charge is 1.00 e. The number of para-hydroxylation sites is 1. The number of unbranched alkanes of at least 4 members (excludes halogenated alkanes) is 14. The largest absolute Gasteiger partial charge is 1.00 e. The van der Waals surface area contributed by atoms with Gasteiger partial charge in [0.1, 0.15) is 5.75 Å². The second kappa shape index (κ2) is 19.0. The molecule has 0 aromatic heterocycles. The second-order valence-electron chi connectivity index (χ2n) is 7.61. The Kier molecular flexibility index (Phi) is 18.9. The van der Waals surface area contributed by atoms with Crippen molar-refractivity contribution >= 4 is 10.1 Å². The SMILES string of the molecule is CCCCCCCCCCCCCCCCCS(=O)(=O)Oc1ccccc1.[H-].[Na+]. The average Bonchev–Trinajstić information content (AvgIpc) is 2.65. The summed E-state index contributed by atoms with van der Waals surface area (Å²) in [5.41, 5.74) is 0. The van der Waals surface area contributed by atoms with Crippen LogP contribution in [0.2, 0.25) is 0 Å². The van der Waals surface area contributed by atoms with Crippen molar-refractivity contribution in [3.63, 3.8) is 0 Å².